The van der Waals surface area contributed by atoms with Gasteiger partial charge in [0.25, 0.3) is 5.91 Å². The van der Waals surface area contributed by atoms with Crippen molar-refractivity contribution in [3.05, 3.63) is 53.6 Å². The zero-order valence-corrected chi connectivity index (χ0v) is 13.9. The summed E-state index contributed by atoms with van der Waals surface area (Å²) in [5.41, 5.74) is 2.44. The minimum Gasteiger partial charge on any atom is -0.467 e. The maximum atomic E-state index is 12.9. The molecular weight excluding hydrogens is 306 g/mol. The second-order valence-electron chi connectivity index (χ2n) is 5.87. The largest absolute Gasteiger partial charge is 0.467 e. The zero-order chi connectivity index (χ0) is 17.1. The average molecular weight is 327 g/mol. The molecule has 0 spiro atoms. The number of imidazole rings is 1. The minimum atomic E-state index is -0.639. The number of fused-ring (bicyclic) bond motifs is 1. The Bertz CT molecular complexity index is 739. The summed E-state index contributed by atoms with van der Waals surface area (Å²) in [6.07, 6.45) is 3.16. The third kappa shape index (κ3) is 2.91. The lowest BCUT2D eigenvalue weighted by Gasteiger charge is -2.34. The van der Waals surface area contributed by atoms with Gasteiger partial charge in [-0.1, -0.05) is 25.1 Å². The van der Waals surface area contributed by atoms with Crippen molar-refractivity contribution in [1.29, 1.82) is 0 Å². The van der Waals surface area contributed by atoms with E-state index in [0.717, 1.165) is 24.4 Å². The van der Waals surface area contributed by atoms with Gasteiger partial charge in [0.05, 0.1) is 31.4 Å². The lowest BCUT2D eigenvalue weighted by Crippen LogP contribution is -2.49. The summed E-state index contributed by atoms with van der Waals surface area (Å²) in [5, 5.41) is 0. The van der Waals surface area contributed by atoms with Gasteiger partial charge >= 0.3 is 5.97 Å². The molecule has 1 amide bonds. The fraction of sp³-hybridized carbons (Fsp3) is 0.389. The number of carbonyl (C=O) groups is 2. The highest BCUT2D eigenvalue weighted by Gasteiger charge is 2.37. The number of benzene rings is 1. The fourth-order valence-corrected chi connectivity index (χ4v) is 3.11. The van der Waals surface area contributed by atoms with E-state index in [1.807, 2.05) is 18.2 Å². The number of nitrogens with zero attached hydrogens (tertiary/aromatic N) is 3. The second-order valence-corrected chi connectivity index (χ2v) is 5.87. The van der Waals surface area contributed by atoms with E-state index >= 15 is 0 Å². The Morgan fingerprint density at radius 1 is 1.29 bits per heavy atom. The number of aromatic nitrogens is 2. The highest BCUT2D eigenvalue weighted by Crippen LogP contribution is 2.25. The molecule has 126 valence electrons. The van der Waals surface area contributed by atoms with Crippen LogP contribution in [0.1, 0.15) is 35.1 Å². The van der Waals surface area contributed by atoms with E-state index in [1.54, 1.807) is 23.4 Å². The molecular formula is C18H21N3O3. The van der Waals surface area contributed by atoms with Crippen LogP contribution in [0.3, 0.4) is 0 Å². The van der Waals surface area contributed by atoms with Crippen LogP contribution in [-0.2, 0) is 29.0 Å². The van der Waals surface area contributed by atoms with Crippen LogP contribution in [0.4, 0.5) is 0 Å². The van der Waals surface area contributed by atoms with Gasteiger partial charge in [-0.3, -0.25) is 4.79 Å². The molecule has 0 bridgehead atoms. The van der Waals surface area contributed by atoms with E-state index in [9.17, 15) is 9.59 Å². The molecule has 6 nitrogen and oxygen atoms in total. The van der Waals surface area contributed by atoms with Gasteiger partial charge in [0.15, 0.2) is 0 Å². The van der Waals surface area contributed by atoms with Crippen molar-refractivity contribution in [2.24, 2.45) is 0 Å². The molecule has 0 saturated heterocycles. The van der Waals surface area contributed by atoms with E-state index in [0.29, 0.717) is 18.5 Å². The van der Waals surface area contributed by atoms with Crippen LogP contribution in [0.2, 0.25) is 0 Å². The lowest BCUT2D eigenvalue weighted by atomic mass is 10.0. The van der Waals surface area contributed by atoms with E-state index in [4.69, 9.17) is 4.74 Å². The smallest absolute Gasteiger partial charge is 0.329 e. The van der Waals surface area contributed by atoms with Gasteiger partial charge in [-0.25, -0.2) is 9.78 Å². The van der Waals surface area contributed by atoms with E-state index in [-0.39, 0.29) is 5.91 Å². The molecule has 24 heavy (non-hydrogen) atoms. The van der Waals surface area contributed by atoms with Crippen LogP contribution in [0.25, 0.3) is 0 Å². The van der Waals surface area contributed by atoms with Gasteiger partial charge in [0.2, 0.25) is 0 Å². The number of esters is 1. The van der Waals surface area contributed by atoms with E-state index in [2.05, 4.69) is 16.5 Å². The molecule has 1 aromatic carbocycles. The van der Waals surface area contributed by atoms with Gasteiger partial charge < -0.3 is 14.2 Å². The first kappa shape index (κ1) is 16.2. The van der Waals surface area contributed by atoms with Crippen molar-refractivity contribution in [2.75, 3.05) is 7.11 Å². The lowest BCUT2D eigenvalue weighted by molar-refractivity contribution is -0.146. The maximum absolute atomic E-state index is 12.9. The molecule has 1 aliphatic heterocycles. The number of rotatable bonds is 4. The summed E-state index contributed by atoms with van der Waals surface area (Å²) in [5.74, 6) is -0.573. The van der Waals surface area contributed by atoms with Crippen LogP contribution in [-0.4, -0.2) is 39.5 Å². The first-order valence-electron chi connectivity index (χ1n) is 8.12. The first-order valence-corrected chi connectivity index (χ1v) is 8.12. The summed E-state index contributed by atoms with van der Waals surface area (Å²) in [4.78, 5) is 31.1. The van der Waals surface area contributed by atoms with E-state index < -0.39 is 12.0 Å². The van der Waals surface area contributed by atoms with Gasteiger partial charge in [0.1, 0.15) is 6.04 Å². The van der Waals surface area contributed by atoms with Crippen molar-refractivity contribution in [3.63, 3.8) is 0 Å². The molecule has 1 aromatic heterocycles. The van der Waals surface area contributed by atoms with Gasteiger partial charge in [-0.15, -0.1) is 0 Å². The number of aryl methyl sites for hydroxylation is 1. The predicted molar refractivity (Wildman–Crippen MR) is 88.3 cm³/mol. The topological polar surface area (TPSA) is 64.4 Å². The summed E-state index contributed by atoms with van der Waals surface area (Å²) in [6.45, 7) is 3.31. The Morgan fingerprint density at radius 2 is 2.04 bits per heavy atom. The zero-order valence-electron chi connectivity index (χ0n) is 13.9. The van der Waals surface area contributed by atoms with Crippen molar-refractivity contribution in [1.82, 2.24) is 14.5 Å². The number of ether oxygens (including phenoxy) is 1. The highest BCUT2D eigenvalue weighted by atomic mass is 16.5. The summed E-state index contributed by atoms with van der Waals surface area (Å²) in [6, 6.07) is 8.37. The Labute approximate surface area is 141 Å². The third-order valence-electron chi connectivity index (χ3n) is 4.34. The fourth-order valence-electron chi connectivity index (χ4n) is 3.11. The standard InChI is InChI=1S/C18H21N3O3/c1-3-9-20-12-19-14-10-15(18(23)24-2)21(11-16(14)20)17(22)13-7-5-4-6-8-13/h4-8,12,15H,3,9-11H2,1-2H3/t15-/m0/s1. The molecule has 0 saturated carbocycles. The molecule has 0 unspecified atom stereocenters. The maximum Gasteiger partial charge on any atom is 0.329 e. The molecule has 2 aromatic rings. The monoisotopic (exact) mass is 327 g/mol. The Balaban J connectivity index is 1.96. The average Bonchev–Trinajstić information content (AvgIpc) is 3.02. The quantitative estimate of drug-likeness (QED) is 0.806. The Hall–Kier alpha value is -2.63. The second kappa shape index (κ2) is 6.86. The van der Waals surface area contributed by atoms with Crippen LogP contribution in [0.5, 0.6) is 0 Å². The number of methoxy groups -OCH3 is 1. The van der Waals surface area contributed by atoms with Gasteiger partial charge in [-0.05, 0) is 18.6 Å². The number of amides is 1. The SMILES string of the molecule is CCCn1cnc2c1CN(C(=O)c1ccccc1)[C@H](C(=O)OC)C2. The molecule has 6 heteroatoms. The summed E-state index contributed by atoms with van der Waals surface area (Å²) in [7, 11) is 1.35. The predicted octanol–water partition coefficient (Wildman–Crippen LogP) is 2.03. The molecule has 0 radical (unpaired) electrons. The molecule has 1 aliphatic rings. The summed E-state index contributed by atoms with van der Waals surface area (Å²) < 4.78 is 6.97. The Kier molecular flexibility index (Phi) is 4.64. The van der Waals surface area contributed by atoms with Crippen LogP contribution >= 0.6 is 0 Å². The minimum absolute atomic E-state index is 0.166. The highest BCUT2D eigenvalue weighted by molar-refractivity contribution is 5.97. The van der Waals surface area contributed by atoms with Gasteiger partial charge in [0, 0.05) is 18.5 Å². The third-order valence-corrected chi connectivity index (χ3v) is 4.34. The van der Waals surface area contributed by atoms with Crippen molar-refractivity contribution in [2.45, 2.75) is 38.9 Å². The normalized spacial score (nSPS) is 16.6. The molecule has 2 heterocycles. The summed E-state index contributed by atoms with van der Waals surface area (Å²) >= 11 is 0. The number of hydrogen-bond donors (Lipinski definition) is 0. The molecule has 1 atom stereocenters. The Morgan fingerprint density at radius 3 is 2.71 bits per heavy atom. The van der Waals surface area contributed by atoms with Crippen molar-refractivity contribution in [3.8, 4) is 0 Å². The first-order chi connectivity index (χ1) is 11.7. The molecule has 0 fully saturated rings. The molecule has 3 rings (SSSR count). The van der Waals surface area contributed by atoms with Crippen LogP contribution < -0.4 is 0 Å². The number of hydrogen-bond acceptors (Lipinski definition) is 4. The van der Waals surface area contributed by atoms with Crippen LogP contribution in [0, 0.1) is 0 Å². The van der Waals surface area contributed by atoms with Crippen molar-refractivity contribution < 1.29 is 14.3 Å². The van der Waals surface area contributed by atoms with Crippen LogP contribution in [0.15, 0.2) is 36.7 Å². The van der Waals surface area contributed by atoms with E-state index in [1.165, 1.54) is 7.11 Å². The number of carbonyl (C=O) groups excluding carboxylic acids is 2. The molecule has 0 aliphatic carbocycles. The molecule has 0 N–H and O–H groups in total. The van der Waals surface area contributed by atoms with Crippen molar-refractivity contribution >= 4 is 11.9 Å². The van der Waals surface area contributed by atoms with Gasteiger partial charge in [-0.2, -0.15) is 0 Å².